The Hall–Kier alpha value is -0.970. The lowest BCUT2D eigenvalue weighted by molar-refractivity contribution is -0.0485. The molecule has 3 aliphatic rings. The highest BCUT2D eigenvalue weighted by Crippen LogP contribution is 2.38. The number of fused-ring (bicyclic) bond motifs is 1. The lowest BCUT2D eigenvalue weighted by atomic mass is 9.83. The third-order valence-electron chi connectivity index (χ3n) is 5.96. The summed E-state index contributed by atoms with van der Waals surface area (Å²) in [5.74, 6) is 0.677. The minimum absolute atomic E-state index is 0.445. The van der Waals surface area contributed by atoms with Gasteiger partial charge in [-0.3, -0.25) is 14.8 Å². The Labute approximate surface area is 133 Å². The topological polar surface area (TPSA) is 28.6 Å². The van der Waals surface area contributed by atoms with E-state index in [9.17, 15) is 0 Å². The summed E-state index contributed by atoms with van der Waals surface area (Å²) in [6.07, 6.45) is 9.74. The third kappa shape index (κ3) is 2.68. The number of pyridine rings is 1. The van der Waals surface area contributed by atoms with Crippen LogP contribution in [0, 0.1) is 5.92 Å². The van der Waals surface area contributed by atoms with Crippen LogP contribution < -0.4 is 0 Å². The van der Waals surface area contributed by atoms with Gasteiger partial charge in [0.2, 0.25) is 0 Å². The molecule has 4 rings (SSSR count). The number of nitrogens with zero attached hydrogens (tertiary/aromatic N) is 3. The Kier molecular flexibility index (Phi) is 4.16. The predicted octanol–water partition coefficient (Wildman–Crippen LogP) is 2.16. The Morgan fingerprint density at radius 3 is 2.86 bits per heavy atom. The van der Waals surface area contributed by atoms with E-state index >= 15 is 0 Å². The highest BCUT2D eigenvalue weighted by Gasteiger charge is 2.46. The first-order valence-corrected chi connectivity index (χ1v) is 8.75. The van der Waals surface area contributed by atoms with Gasteiger partial charge < -0.3 is 4.74 Å². The average molecular weight is 301 g/mol. The zero-order valence-electron chi connectivity index (χ0n) is 13.5. The second kappa shape index (κ2) is 6.26. The molecule has 0 unspecified atom stereocenters. The van der Waals surface area contributed by atoms with E-state index in [1.54, 1.807) is 0 Å². The summed E-state index contributed by atoms with van der Waals surface area (Å²) >= 11 is 0. The number of rotatable bonds is 4. The fourth-order valence-electron chi connectivity index (χ4n) is 4.61. The molecular formula is C18H27N3O. The monoisotopic (exact) mass is 301 g/mol. The van der Waals surface area contributed by atoms with Crippen molar-refractivity contribution >= 4 is 0 Å². The number of ether oxygens (including phenoxy) is 1. The maximum atomic E-state index is 5.82. The minimum atomic E-state index is 0.445. The standard InChI is InChI=1S/C18H27N3O/c1-22-18-7-9-21(15-5-2-6-15)17-13-20(12-16(17)18)11-14-4-3-8-19-10-14/h3-4,8,10,15-18H,2,5-7,9,11-13H2,1H3/t16-,17+,18-/m0/s1. The third-order valence-corrected chi connectivity index (χ3v) is 5.96. The highest BCUT2D eigenvalue weighted by molar-refractivity contribution is 5.10. The van der Waals surface area contributed by atoms with Gasteiger partial charge in [0.05, 0.1) is 6.10 Å². The second-order valence-corrected chi connectivity index (χ2v) is 7.17. The van der Waals surface area contributed by atoms with Crippen molar-refractivity contribution in [3.05, 3.63) is 30.1 Å². The number of likely N-dealkylation sites (tertiary alicyclic amines) is 2. The Morgan fingerprint density at radius 2 is 2.18 bits per heavy atom. The average Bonchev–Trinajstić information content (AvgIpc) is 2.90. The zero-order valence-corrected chi connectivity index (χ0v) is 13.5. The van der Waals surface area contributed by atoms with Crippen molar-refractivity contribution in [2.75, 3.05) is 26.7 Å². The van der Waals surface area contributed by atoms with Gasteiger partial charge >= 0.3 is 0 Å². The molecule has 0 bridgehead atoms. The van der Waals surface area contributed by atoms with E-state index in [-0.39, 0.29) is 0 Å². The van der Waals surface area contributed by atoms with Crippen LogP contribution in [0.5, 0.6) is 0 Å². The Morgan fingerprint density at radius 1 is 1.27 bits per heavy atom. The molecule has 1 aliphatic carbocycles. The smallest absolute Gasteiger partial charge is 0.0639 e. The van der Waals surface area contributed by atoms with Crippen LogP contribution in [0.3, 0.4) is 0 Å². The van der Waals surface area contributed by atoms with Crippen LogP contribution >= 0.6 is 0 Å². The van der Waals surface area contributed by atoms with Gasteiger partial charge in [-0.15, -0.1) is 0 Å². The summed E-state index contributed by atoms with van der Waals surface area (Å²) in [5.41, 5.74) is 1.32. The minimum Gasteiger partial charge on any atom is -0.381 e. The summed E-state index contributed by atoms with van der Waals surface area (Å²) < 4.78 is 5.82. The van der Waals surface area contributed by atoms with Crippen molar-refractivity contribution in [1.82, 2.24) is 14.8 Å². The molecule has 22 heavy (non-hydrogen) atoms. The first-order valence-electron chi connectivity index (χ1n) is 8.75. The van der Waals surface area contributed by atoms with Crippen molar-refractivity contribution in [1.29, 1.82) is 0 Å². The van der Waals surface area contributed by atoms with Gasteiger partial charge in [0, 0.05) is 63.7 Å². The van der Waals surface area contributed by atoms with Gasteiger partial charge in [0.1, 0.15) is 0 Å². The van der Waals surface area contributed by atoms with E-state index < -0.39 is 0 Å². The van der Waals surface area contributed by atoms with E-state index in [0.29, 0.717) is 18.1 Å². The molecule has 1 aromatic rings. The number of piperidine rings is 1. The van der Waals surface area contributed by atoms with E-state index in [2.05, 4.69) is 20.9 Å². The van der Waals surface area contributed by atoms with Crippen LogP contribution in [0.15, 0.2) is 24.5 Å². The van der Waals surface area contributed by atoms with Crippen molar-refractivity contribution in [2.24, 2.45) is 5.92 Å². The first-order chi connectivity index (χ1) is 10.8. The summed E-state index contributed by atoms with van der Waals surface area (Å²) in [6.45, 7) is 4.61. The van der Waals surface area contributed by atoms with Crippen molar-refractivity contribution in [3.8, 4) is 0 Å². The fraction of sp³-hybridized carbons (Fsp3) is 0.722. The number of hydrogen-bond acceptors (Lipinski definition) is 4. The van der Waals surface area contributed by atoms with Crippen molar-refractivity contribution in [2.45, 2.75) is 50.4 Å². The van der Waals surface area contributed by atoms with Crippen molar-refractivity contribution < 1.29 is 4.74 Å². The Balaban J connectivity index is 1.47. The van der Waals surface area contributed by atoms with Crippen LogP contribution in [0.4, 0.5) is 0 Å². The summed E-state index contributed by atoms with van der Waals surface area (Å²) in [5, 5.41) is 0. The predicted molar refractivity (Wildman–Crippen MR) is 86.6 cm³/mol. The normalized spacial score (nSPS) is 33.6. The maximum absolute atomic E-state index is 5.82. The lowest BCUT2D eigenvalue weighted by Gasteiger charge is -2.48. The molecule has 0 N–H and O–H groups in total. The largest absolute Gasteiger partial charge is 0.381 e. The number of methoxy groups -OCH3 is 1. The summed E-state index contributed by atoms with van der Waals surface area (Å²) in [4.78, 5) is 9.67. The summed E-state index contributed by atoms with van der Waals surface area (Å²) in [7, 11) is 1.89. The SMILES string of the molecule is CO[C@H]1CCN(C2CCC2)[C@@H]2CN(Cc3cccnc3)C[C@H]12. The molecule has 3 heterocycles. The van der Waals surface area contributed by atoms with Gasteiger partial charge in [-0.25, -0.2) is 0 Å². The molecular weight excluding hydrogens is 274 g/mol. The van der Waals surface area contributed by atoms with Crippen molar-refractivity contribution in [3.63, 3.8) is 0 Å². The number of hydrogen-bond donors (Lipinski definition) is 0. The van der Waals surface area contributed by atoms with Gasteiger partial charge in [-0.05, 0) is 30.9 Å². The quantitative estimate of drug-likeness (QED) is 0.852. The fourth-order valence-corrected chi connectivity index (χ4v) is 4.61. The Bertz CT molecular complexity index is 490. The molecule has 2 aliphatic heterocycles. The molecule has 4 nitrogen and oxygen atoms in total. The zero-order chi connectivity index (χ0) is 14.9. The molecule has 0 aromatic carbocycles. The molecule has 120 valence electrons. The molecule has 2 saturated heterocycles. The molecule has 1 aromatic heterocycles. The van der Waals surface area contributed by atoms with E-state index in [0.717, 1.165) is 12.6 Å². The van der Waals surface area contributed by atoms with Gasteiger partial charge in [-0.2, -0.15) is 0 Å². The molecule has 3 atom stereocenters. The van der Waals surface area contributed by atoms with Crippen LogP contribution in [-0.4, -0.2) is 59.7 Å². The second-order valence-electron chi connectivity index (χ2n) is 7.17. The lowest BCUT2D eigenvalue weighted by Crippen LogP contribution is -2.56. The van der Waals surface area contributed by atoms with Gasteiger partial charge in [-0.1, -0.05) is 12.5 Å². The molecule has 0 radical (unpaired) electrons. The first kappa shape index (κ1) is 14.6. The van der Waals surface area contributed by atoms with Crippen LogP contribution in [0.25, 0.3) is 0 Å². The molecule has 4 heteroatoms. The van der Waals surface area contributed by atoms with E-state index in [1.165, 1.54) is 50.9 Å². The van der Waals surface area contributed by atoms with Crippen LogP contribution in [0.2, 0.25) is 0 Å². The van der Waals surface area contributed by atoms with E-state index in [4.69, 9.17) is 4.74 Å². The van der Waals surface area contributed by atoms with Gasteiger partial charge in [0.25, 0.3) is 0 Å². The summed E-state index contributed by atoms with van der Waals surface area (Å²) in [6, 6.07) is 5.77. The number of aromatic nitrogens is 1. The van der Waals surface area contributed by atoms with Gasteiger partial charge in [0.15, 0.2) is 0 Å². The maximum Gasteiger partial charge on any atom is 0.0639 e. The highest BCUT2D eigenvalue weighted by atomic mass is 16.5. The molecule has 0 spiro atoms. The van der Waals surface area contributed by atoms with Crippen LogP contribution in [0.1, 0.15) is 31.2 Å². The molecule has 3 fully saturated rings. The molecule has 1 saturated carbocycles. The molecule has 0 amide bonds. The van der Waals surface area contributed by atoms with Crippen LogP contribution in [-0.2, 0) is 11.3 Å². The van der Waals surface area contributed by atoms with E-state index in [1.807, 2.05) is 25.6 Å².